The van der Waals surface area contributed by atoms with Gasteiger partial charge in [0.2, 0.25) is 11.8 Å². The number of halogens is 2. The van der Waals surface area contributed by atoms with Crippen molar-refractivity contribution in [1.29, 1.82) is 0 Å². The minimum Gasteiger partial charge on any atom is -0.326 e. The standard InChI is InChI=1S/C16H12ClFN2O2S/c17-10-7-9(5-6-11(10)18)19-15(21)8-14-16(22)20-12-3-1-2-4-13(12)23-14/h1-7,14H,8H2,(H,19,21)(H,20,22). The van der Waals surface area contributed by atoms with Crippen LogP contribution >= 0.6 is 23.4 Å². The number of para-hydroxylation sites is 1. The van der Waals surface area contributed by atoms with Crippen molar-refractivity contribution in [2.24, 2.45) is 0 Å². The van der Waals surface area contributed by atoms with Gasteiger partial charge in [0.05, 0.1) is 16.0 Å². The molecule has 2 aromatic rings. The van der Waals surface area contributed by atoms with E-state index in [4.69, 9.17) is 11.6 Å². The smallest absolute Gasteiger partial charge is 0.238 e. The van der Waals surface area contributed by atoms with Gasteiger partial charge in [-0.05, 0) is 30.3 Å². The van der Waals surface area contributed by atoms with E-state index >= 15 is 0 Å². The van der Waals surface area contributed by atoms with Crippen LogP contribution in [0, 0.1) is 5.82 Å². The van der Waals surface area contributed by atoms with Crippen LogP contribution in [0.2, 0.25) is 5.02 Å². The Morgan fingerprint density at radius 1 is 1.30 bits per heavy atom. The molecule has 0 radical (unpaired) electrons. The van der Waals surface area contributed by atoms with E-state index in [1.54, 1.807) is 0 Å². The molecule has 1 unspecified atom stereocenters. The van der Waals surface area contributed by atoms with Crippen LogP contribution in [-0.4, -0.2) is 17.1 Å². The van der Waals surface area contributed by atoms with Gasteiger partial charge in [-0.15, -0.1) is 11.8 Å². The molecule has 0 aromatic heterocycles. The zero-order valence-corrected chi connectivity index (χ0v) is 13.4. The molecule has 0 spiro atoms. The van der Waals surface area contributed by atoms with Gasteiger partial charge >= 0.3 is 0 Å². The lowest BCUT2D eigenvalue weighted by Gasteiger charge is -2.23. The van der Waals surface area contributed by atoms with Gasteiger partial charge in [0.1, 0.15) is 5.82 Å². The molecule has 4 nitrogen and oxygen atoms in total. The first-order chi connectivity index (χ1) is 11.0. The van der Waals surface area contributed by atoms with Crippen LogP contribution < -0.4 is 10.6 Å². The fraction of sp³-hybridized carbons (Fsp3) is 0.125. The Kier molecular flexibility index (Phi) is 4.54. The summed E-state index contributed by atoms with van der Waals surface area (Å²) in [5, 5.41) is 4.82. The van der Waals surface area contributed by atoms with Gasteiger partial charge in [0.15, 0.2) is 0 Å². The van der Waals surface area contributed by atoms with Crippen LogP contribution in [0.5, 0.6) is 0 Å². The third-order valence-corrected chi connectivity index (χ3v) is 4.85. The molecule has 2 aromatic carbocycles. The predicted molar refractivity (Wildman–Crippen MR) is 89.4 cm³/mol. The first-order valence-electron chi connectivity index (χ1n) is 6.84. The third kappa shape index (κ3) is 3.65. The van der Waals surface area contributed by atoms with E-state index in [9.17, 15) is 14.0 Å². The Labute approximate surface area is 141 Å². The van der Waals surface area contributed by atoms with Gasteiger partial charge in [0, 0.05) is 17.0 Å². The third-order valence-electron chi connectivity index (χ3n) is 3.28. The van der Waals surface area contributed by atoms with Gasteiger partial charge in [-0.2, -0.15) is 0 Å². The lowest BCUT2D eigenvalue weighted by atomic mass is 10.2. The minimum atomic E-state index is -0.552. The molecular formula is C16H12ClFN2O2S. The highest BCUT2D eigenvalue weighted by atomic mass is 35.5. The summed E-state index contributed by atoms with van der Waals surface area (Å²) in [6, 6.07) is 11.4. The highest BCUT2D eigenvalue weighted by Crippen LogP contribution is 2.36. The largest absolute Gasteiger partial charge is 0.326 e. The van der Waals surface area contributed by atoms with E-state index in [-0.39, 0.29) is 23.3 Å². The number of hydrogen-bond acceptors (Lipinski definition) is 3. The number of carbonyl (C=O) groups excluding carboxylic acids is 2. The van der Waals surface area contributed by atoms with Gasteiger partial charge < -0.3 is 10.6 Å². The molecule has 0 saturated heterocycles. The zero-order chi connectivity index (χ0) is 16.4. The molecule has 0 saturated carbocycles. The van der Waals surface area contributed by atoms with E-state index in [2.05, 4.69) is 10.6 Å². The van der Waals surface area contributed by atoms with Crippen molar-refractivity contribution in [2.75, 3.05) is 10.6 Å². The fourth-order valence-electron chi connectivity index (χ4n) is 2.18. The average molecular weight is 351 g/mol. The second-order valence-electron chi connectivity index (χ2n) is 4.97. The molecule has 1 aliphatic heterocycles. The van der Waals surface area contributed by atoms with Crippen LogP contribution in [0.3, 0.4) is 0 Å². The molecule has 3 rings (SSSR count). The van der Waals surface area contributed by atoms with Gasteiger partial charge in [-0.3, -0.25) is 9.59 Å². The monoisotopic (exact) mass is 350 g/mol. The highest BCUT2D eigenvalue weighted by Gasteiger charge is 2.28. The van der Waals surface area contributed by atoms with E-state index < -0.39 is 11.1 Å². The lowest BCUT2D eigenvalue weighted by Crippen LogP contribution is -2.32. The minimum absolute atomic E-state index is 0.0137. The van der Waals surface area contributed by atoms with Crippen molar-refractivity contribution < 1.29 is 14.0 Å². The summed E-state index contributed by atoms with van der Waals surface area (Å²) in [6.45, 7) is 0. The molecule has 1 aliphatic rings. The Bertz CT molecular complexity index is 784. The summed E-state index contributed by atoms with van der Waals surface area (Å²) in [6.07, 6.45) is 0.0137. The maximum atomic E-state index is 13.1. The molecule has 0 fully saturated rings. The first kappa shape index (κ1) is 15.8. The Balaban J connectivity index is 1.66. The van der Waals surface area contributed by atoms with Crippen LogP contribution in [0.4, 0.5) is 15.8 Å². The molecule has 118 valence electrons. The molecule has 0 bridgehead atoms. The predicted octanol–water partition coefficient (Wildman–Crippen LogP) is 3.92. The fourth-order valence-corrected chi connectivity index (χ4v) is 3.47. The summed E-state index contributed by atoms with van der Waals surface area (Å²) in [5.41, 5.74) is 1.15. The number of amides is 2. The van der Waals surface area contributed by atoms with Gasteiger partial charge in [-0.25, -0.2) is 4.39 Å². The molecule has 23 heavy (non-hydrogen) atoms. The second kappa shape index (κ2) is 6.60. The quantitative estimate of drug-likeness (QED) is 0.882. The van der Waals surface area contributed by atoms with Crippen LogP contribution in [0.1, 0.15) is 6.42 Å². The van der Waals surface area contributed by atoms with Crippen molar-refractivity contribution in [3.8, 4) is 0 Å². The molecule has 2 N–H and O–H groups in total. The normalized spacial score (nSPS) is 16.4. The number of carbonyl (C=O) groups is 2. The topological polar surface area (TPSA) is 58.2 Å². The number of nitrogens with one attached hydrogen (secondary N) is 2. The zero-order valence-electron chi connectivity index (χ0n) is 11.8. The van der Waals surface area contributed by atoms with Crippen molar-refractivity contribution in [3.05, 3.63) is 53.3 Å². The molecule has 7 heteroatoms. The van der Waals surface area contributed by atoms with E-state index in [1.165, 1.54) is 30.0 Å². The summed E-state index contributed by atoms with van der Waals surface area (Å²) < 4.78 is 13.1. The SMILES string of the molecule is O=C(CC1Sc2ccccc2NC1=O)Nc1ccc(F)c(Cl)c1. The van der Waals surface area contributed by atoms with E-state index in [0.717, 1.165) is 10.6 Å². The number of anilines is 2. The summed E-state index contributed by atoms with van der Waals surface area (Å²) >= 11 is 7.02. The Morgan fingerprint density at radius 2 is 2.09 bits per heavy atom. The first-order valence-corrected chi connectivity index (χ1v) is 8.10. The maximum absolute atomic E-state index is 13.1. The maximum Gasteiger partial charge on any atom is 0.238 e. The summed E-state index contributed by atoms with van der Waals surface area (Å²) in [7, 11) is 0. The van der Waals surface area contributed by atoms with Gasteiger partial charge in [-0.1, -0.05) is 23.7 Å². The lowest BCUT2D eigenvalue weighted by molar-refractivity contribution is -0.120. The van der Waals surface area contributed by atoms with Crippen LogP contribution in [-0.2, 0) is 9.59 Å². The summed E-state index contributed by atoms with van der Waals surface area (Å²) in [4.78, 5) is 25.1. The van der Waals surface area contributed by atoms with Gasteiger partial charge in [0.25, 0.3) is 0 Å². The van der Waals surface area contributed by atoms with Crippen LogP contribution in [0.25, 0.3) is 0 Å². The van der Waals surface area contributed by atoms with Crippen LogP contribution in [0.15, 0.2) is 47.4 Å². The number of rotatable bonds is 3. The van der Waals surface area contributed by atoms with Crippen molar-refractivity contribution in [2.45, 2.75) is 16.6 Å². The molecule has 0 aliphatic carbocycles. The summed E-state index contributed by atoms with van der Waals surface area (Å²) in [5.74, 6) is -1.09. The van der Waals surface area contributed by atoms with E-state index in [0.29, 0.717) is 5.69 Å². The molecule has 1 heterocycles. The number of thioether (sulfide) groups is 1. The molecule has 2 amide bonds. The van der Waals surface area contributed by atoms with Crippen molar-refractivity contribution in [3.63, 3.8) is 0 Å². The average Bonchev–Trinajstić information content (AvgIpc) is 2.51. The van der Waals surface area contributed by atoms with Crippen molar-refractivity contribution in [1.82, 2.24) is 0 Å². The number of hydrogen-bond donors (Lipinski definition) is 2. The van der Waals surface area contributed by atoms with E-state index in [1.807, 2.05) is 24.3 Å². The second-order valence-corrected chi connectivity index (χ2v) is 6.62. The van der Waals surface area contributed by atoms with Crippen molar-refractivity contribution >= 4 is 46.6 Å². The number of fused-ring (bicyclic) bond motifs is 1. The molecule has 1 atom stereocenters. The molecular weight excluding hydrogens is 339 g/mol. The Morgan fingerprint density at radius 3 is 2.87 bits per heavy atom. The Hall–Kier alpha value is -2.05. The number of benzene rings is 2. The highest BCUT2D eigenvalue weighted by molar-refractivity contribution is 8.01.